The Labute approximate surface area is 193 Å². The maximum atomic E-state index is 13.6. The number of methoxy groups -OCH3 is 1. The van der Waals surface area contributed by atoms with Gasteiger partial charge in [0.25, 0.3) is 5.56 Å². The standard InChI is InChI=1S/C23H28N6O2.ClH/c1-3-4-14-28-19-20(25-22(28)27-13-8-11-18(24)16-27)26-23(31-2)29(21(19)30)15-12-17-9-6-5-7-10-17;/h5-7,9-10,18H,8,11-16,24H2,1-2H3;1H. The highest BCUT2D eigenvalue weighted by atomic mass is 35.5. The third-order valence-corrected chi connectivity index (χ3v) is 5.61. The number of aryl methyl sites for hydroxylation is 1. The largest absolute Gasteiger partial charge is 0.468 e. The molecule has 0 aliphatic carbocycles. The Morgan fingerprint density at radius 1 is 1.22 bits per heavy atom. The van der Waals surface area contributed by atoms with Gasteiger partial charge in [0.2, 0.25) is 5.95 Å². The van der Waals surface area contributed by atoms with Crippen LogP contribution < -0.4 is 20.9 Å². The molecule has 0 bridgehead atoms. The Morgan fingerprint density at radius 3 is 2.69 bits per heavy atom. The number of fused-ring (bicyclic) bond motifs is 1. The Bertz CT molecular complexity index is 1180. The molecule has 2 N–H and O–H groups in total. The van der Waals surface area contributed by atoms with Gasteiger partial charge in [-0.25, -0.2) is 0 Å². The molecule has 1 aliphatic rings. The Hall–Kier alpha value is -3.02. The zero-order chi connectivity index (χ0) is 21.8. The van der Waals surface area contributed by atoms with Crippen molar-refractivity contribution in [3.8, 4) is 17.9 Å². The average Bonchev–Trinajstić information content (AvgIpc) is 3.16. The summed E-state index contributed by atoms with van der Waals surface area (Å²) in [6.45, 7) is 4.16. The van der Waals surface area contributed by atoms with Crippen LogP contribution in [0.1, 0.15) is 25.3 Å². The molecule has 0 saturated carbocycles. The fourth-order valence-corrected chi connectivity index (χ4v) is 4.06. The second-order valence-corrected chi connectivity index (χ2v) is 7.74. The SMILES string of the molecule is CC#CCn1c(N2CCCC(N)C2)nc2nc(OC)n(CCc3ccccc3)c(=O)c21.Cl. The Morgan fingerprint density at radius 2 is 2.00 bits per heavy atom. The van der Waals surface area contributed by atoms with Crippen LogP contribution in [0.4, 0.5) is 5.95 Å². The Balaban J connectivity index is 0.00000289. The predicted molar refractivity (Wildman–Crippen MR) is 129 cm³/mol. The van der Waals surface area contributed by atoms with E-state index in [0.717, 1.165) is 24.9 Å². The van der Waals surface area contributed by atoms with Gasteiger partial charge in [-0.1, -0.05) is 36.3 Å². The third-order valence-electron chi connectivity index (χ3n) is 5.61. The summed E-state index contributed by atoms with van der Waals surface area (Å²) in [4.78, 5) is 25.0. The van der Waals surface area contributed by atoms with Crippen molar-refractivity contribution in [2.24, 2.45) is 5.73 Å². The van der Waals surface area contributed by atoms with E-state index in [1.165, 1.54) is 7.11 Å². The minimum atomic E-state index is -0.171. The first-order valence-electron chi connectivity index (χ1n) is 10.6. The normalized spacial score (nSPS) is 15.7. The molecule has 8 nitrogen and oxygen atoms in total. The number of halogens is 1. The van der Waals surface area contributed by atoms with Crippen LogP contribution in [0.5, 0.6) is 6.01 Å². The lowest BCUT2D eigenvalue weighted by molar-refractivity contribution is 0.348. The van der Waals surface area contributed by atoms with Gasteiger partial charge in [0.1, 0.15) is 0 Å². The van der Waals surface area contributed by atoms with Crippen molar-refractivity contribution < 1.29 is 4.74 Å². The van der Waals surface area contributed by atoms with Crippen molar-refractivity contribution in [2.75, 3.05) is 25.1 Å². The maximum Gasteiger partial charge on any atom is 0.301 e. The van der Waals surface area contributed by atoms with Gasteiger partial charge in [-0.05, 0) is 31.7 Å². The summed E-state index contributed by atoms with van der Waals surface area (Å²) in [6.07, 6.45) is 2.67. The number of aromatic nitrogens is 4. The minimum absolute atomic E-state index is 0. The summed E-state index contributed by atoms with van der Waals surface area (Å²) in [5.74, 6) is 6.69. The average molecular weight is 457 g/mol. The predicted octanol–water partition coefficient (Wildman–Crippen LogP) is 2.22. The summed E-state index contributed by atoms with van der Waals surface area (Å²) in [5, 5.41) is 0. The van der Waals surface area contributed by atoms with Gasteiger partial charge in [0, 0.05) is 25.7 Å². The summed E-state index contributed by atoms with van der Waals surface area (Å²) in [7, 11) is 1.52. The first-order valence-corrected chi connectivity index (χ1v) is 10.6. The summed E-state index contributed by atoms with van der Waals surface area (Å²) >= 11 is 0. The molecule has 1 atom stereocenters. The zero-order valence-electron chi connectivity index (χ0n) is 18.5. The highest BCUT2D eigenvalue weighted by Gasteiger charge is 2.25. The van der Waals surface area contributed by atoms with Crippen LogP contribution in [-0.2, 0) is 19.5 Å². The van der Waals surface area contributed by atoms with Crippen molar-refractivity contribution in [2.45, 2.75) is 45.3 Å². The first kappa shape index (κ1) is 23.6. The summed E-state index contributed by atoms with van der Waals surface area (Å²) < 4.78 is 8.91. The zero-order valence-corrected chi connectivity index (χ0v) is 19.3. The van der Waals surface area contributed by atoms with Gasteiger partial charge in [0.15, 0.2) is 11.2 Å². The monoisotopic (exact) mass is 456 g/mol. The number of piperidine rings is 1. The fourth-order valence-electron chi connectivity index (χ4n) is 4.06. The van der Waals surface area contributed by atoms with E-state index in [4.69, 9.17) is 15.5 Å². The number of anilines is 1. The molecule has 1 aliphatic heterocycles. The number of hydrogen-bond acceptors (Lipinski definition) is 6. The summed E-state index contributed by atoms with van der Waals surface area (Å²) in [5.41, 5.74) is 8.00. The highest BCUT2D eigenvalue weighted by Crippen LogP contribution is 2.24. The fraction of sp³-hybridized carbons (Fsp3) is 0.435. The van der Waals surface area contributed by atoms with Crippen LogP contribution in [-0.4, -0.2) is 45.3 Å². The number of rotatable bonds is 6. The van der Waals surface area contributed by atoms with Crippen molar-refractivity contribution in [1.29, 1.82) is 0 Å². The molecule has 170 valence electrons. The lowest BCUT2D eigenvalue weighted by Crippen LogP contribution is -2.44. The van der Waals surface area contributed by atoms with Crippen LogP contribution >= 0.6 is 12.4 Å². The van der Waals surface area contributed by atoms with E-state index < -0.39 is 0 Å². The molecule has 3 heterocycles. The minimum Gasteiger partial charge on any atom is -0.468 e. The molecule has 9 heteroatoms. The van der Waals surface area contributed by atoms with E-state index >= 15 is 0 Å². The lowest BCUT2D eigenvalue weighted by Gasteiger charge is -2.31. The van der Waals surface area contributed by atoms with Gasteiger partial charge in [-0.2, -0.15) is 9.97 Å². The van der Waals surface area contributed by atoms with Gasteiger partial charge >= 0.3 is 6.01 Å². The number of imidazole rings is 1. The van der Waals surface area contributed by atoms with Crippen molar-refractivity contribution >= 4 is 29.5 Å². The molecule has 1 saturated heterocycles. The molecule has 0 radical (unpaired) electrons. The number of benzene rings is 1. The van der Waals surface area contributed by atoms with Crippen molar-refractivity contribution in [3.63, 3.8) is 0 Å². The van der Waals surface area contributed by atoms with Gasteiger partial charge in [-0.15, -0.1) is 18.3 Å². The summed E-state index contributed by atoms with van der Waals surface area (Å²) in [6, 6.07) is 10.4. The van der Waals surface area contributed by atoms with Crippen molar-refractivity contribution in [3.05, 3.63) is 46.2 Å². The van der Waals surface area contributed by atoms with E-state index in [1.54, 1.807) is 11.5 Å². The van der Waals surface area contributed by atoms with E-state index in [1.807, 2.05) is 34.9 Å². The van der Waals surface area contributed by atoms with Crippen molar-refractivity contribution in [1.82, 2.24) is 19.1 Å². The van der Waals surface area contributed by atoms with Crippen LogP contribution in [0.3, 0.4) is 0 Å². The third kappa shape index (κ3) is 4.74. The van der Waals surface area contributed by atoms with Gasteiger partial charge in [-0.3, -0.25) is 13.9 Å². The van der Waals surface area contributed by atoms with Gasteiger partial charge < -0.3 is 15.4 Å². The highest BCUT2D eigenvalue weighted by molar-refractivity contribution is 5.85. The van der Waals surface area contributed by atoms with E-state index in [0.29, 0.717) is 43.2 Å². The molecule has 1 aromatic carbocycles. The van der Waals surface area contributed by atoms with Gasteiger partial charge in [0.05, 0.1) is 13.7 Å². The number of ether oxygens (including phenoxy) is 1. The quantitative estimate of drug-likeness (QED) is 0.572. The molecule has 32 heavy (non-hydrogen) atoms. The van der Waals surface area contributed by atoms with E-state index in [-0.39, 0.29) is 30.0 Å². The van der Waals surface area contributed by atoms with Crippen LogP contribution in [0.2, 0.25) is 0 Å². The molecule has 1 unspecified atom stereocenters. The van der Waals surface area contributed by atoms with E-state index in [2.05, 4.69) is 21.7 Å². The lowest BCUT2D eigenvalue weighted by atomic mass is 10.1. The molecule has 4 rings (SSSR count). The molecular weight excluding hydrogens is 428 g/mol. The number of nitrogens with two attached hydrogens (primary N) is 1. The second-order valence-electron chi connectivity index (χ2n) is 7.74. The maximum absolute atomic E-state index is 13.6. The first-order chi connectivity index (χ1) is 15.1. The molecule has 1 fully saturated rings. The van der Waals surface area contributed by atoms with Crippen LogP contribution in [0.25, 0.3) is 11.2 Å². The van der Waals surface area contributed by atoms with E-state index in [9.17, 15) is 4.79 Å². The molecule has 3 aromatic rings. The number of nitrogens with zero attached hydrogens (tertiary/aromatic N) is 5. The molecular formula is C23H29ClN6O2. The molecule has 2 aromatic heterocycles. The molecule has 0 spiro atoms. The molecule has 0 amide bonds. The second kappa shape index (κ2) is 10.5. The topological polar surface area (TPSA) is 91.2 Å². The Kier molecular flexibility index (Phi) is 7.78. The van der Waals surface area contributed by atoms with Crippen LogP contribution in [0.15, 0.2) is 35.1 Å². The smallest absolute Gasteiger partial charge is 0.301 e. The number of hydrogen-bond donors (Lipinski definition) is 1. The van der Waals surface area contributed by atoms with Crippen LogP contribution in [0, 0.1) is 11.8 Å².